The van der Waals surface area contributed by atoms with Crippen LogP contribution in [0.3, 0.4) is 0 Å². The van der Waals surface area contributed by atoms with Crippen LogP contribution in [-0.4, -0.2) is 53.5 Å². The predicted octanol–water partition coefficient (Wildman–Crippen LogP) is 2.89. The minimum atomic E-state index is -0.246. The summed E-state index contributed by atoms with van der Waals surface area (Å²) < 4.78 is 0. The molecule has 0 unspecified atom stereocenters. The van der Waals surface area contributed by atoms with E-state index in [0.29, 0.717) is 18.6 Å². The van der Waals surface area contributed by atoms with Gasteiger partial charge in [-0.05, 0) is 38.5 Å². The summed E-state index contributed by atoms with van der Waals surface area (Å²) in [4.78, 5) is 29.2. The lowest BCUT2D eigenvalue weighted by Crippen LogP contribution is -2.53. The Hall–Kier alpha value is -1.26. The van der Waals surface area contributed by atoms with Crippen LogP contribution in [0.5, 0.6) is 0 Å². The Kier molecular flexibility index (Phi) is 5.44. The Morgan fingerprint density at radius 1 is 0.913 bits per heavy atom. The third-order valence-electron chi connectivity index (χ3n) is 5.95. The third-order valence-corrected chi connectivity index (χ3v) is 5.95. The van der Waals surface area contributed by atoms with Crippen LogP contribution in [0.25, 0.3) is 0 Å². The van der Waals surface area contributed by atoms with Crippen molar-refractivity contribution >= 4 is 11.9 Å². The Labute approximate surface area is 139 Å². The average molecular weight is 321 g/mol. The number of rotatable bonds is 3. The van der Waals surface area contributed by atoms with Crippen LogP contribution < -0.4 is 5.32 Å². The zero-order valence-corrected chi connectivity index (χ0v) is 14.4. The van der Waals surface area contributed by atoms with Gasteiger partial charge in [0.05, 0.1) is 0 Å². The number of likely N-dealkylation sites (tertiary alicyclic amines) is 1. The van der Waals surface area contributed by atoms with Gasteiger partial charge in [-0.15, -0.1) is 0 Å². The number of amides is 3. The van der Waals surface area contributed by atoms with Crippen LogP contribution in [0.2, 0.25) is 0 Å². The first-order valence-electron chi connectivity index (χ1n) is 9.50. The molecule has 1 atom stereocenters. The van der Waals surface area contributed by atoms with Gasteiger partial charge in [0.15, 0.2) is 0 Å². The maximum Gasteiger partial charge on any atom is 0.318 e. The van der Waals surface area contributed by atoms with Crippen molar-refractivity contribution in [1.29, 1.82) is 0 Å². The topological polar surface area (TPSA) is 52.7 Å². The molecule has 2 saturated carbocycles. The summed E-state index contributed by atoms with van der Waals surface area (Å²) in [5, 5.41) is 3.17. The van der Waals surface area contributed by atoms with E-state index in [9.17, 15) is 9.59 Å². The first-order chi connectivity index (χ1) is 11.2. The molecule has 23 heavy (non-hydrogen) atoms. The van der Waals surface area contributed by atoms with Crippen molar-refractivity contribution in [3.63, 3.8) is 0 Å². The first kappa shape index (κ1) is 16.6. The minimum absolute atomic E-state index is 0.0208. The lowest BCUT2D eigenvalue weighted by atomic mass is 9.96. The lowest BCUT2D eigenvalue weighted by Gasteiger charge is -2.33. The molecule has 3 rings (SSSR count). The number of carbonyl (C=O) groups is 2. The van der Waals surface area contributed by atoms with Crippen molar-refractivity contribution in [3.05, 3.63) is 0 Å². The minimum Gasteiger partial charge on any atom is -0.341 e. The van der Waals surface area contributed by atoms with Gasteiger partial charge in [-0.2, -0.15) is 0 Å². The maximum absolute atomic E-state index is 12.8. The Bertz CT molecular complexity index is 428. The van der Waals surface area contributed by atoms with Gasteiger partial charge >= 0.3 is 6.03 Å². The maximum atomic E-state index is 12.8. The van der Waals surface area contributed by atoms with E-state index in [-0.39, 0.29) is 18.0 Å². The van der Waals surface area contributed by atoms with Gasteiger partial charge in [-0.25, -0.2) is 4.79 Å². The van der Waals surface area contributed by atoms with Crippen molar-refractivity contribution in [1.82, 2.24) is 15.1 Å². The Morgan fingerprint density at radius 3 is 2.26 bits per heavy atom. The van der Waals surface area contributed by atoms with E-state index < -0.39 is 0 Å². The van der Waals surface area contributed by atoms with Gasteiger partial charge in [0.25, 0.3) is 0 Å². The molecular formula is C18H31N3O2. The van der Waals surface area contributed by atoms with Gasteiger partial charge in [0.2, 0.25) is 5.91 Å². The van der Waals surface area contributed by atoms with Crippen LogP contribution >= 0.6 is 0 Å². The number of hydrogen-bond acceptors (Lipinski definition) is 2. The van der Waals surface area contributed by atoms with E-state index >= 15 is 0 Å². The second kappa shape index (κ2) is 7.54. The molecule has 3 fully saturated rings. The van der Waals surface area contributed by atoms with Crippen molar-refractivity contribution in [2.24, 2.45) is 0 Å². The SMILES string of the molecule is CN(C(=O)[C@H]1CCCN1C(=O)NC1CCCCC1)C1CCCC1. The summed E-state index contributed by atoms with van der Waals surface area (Å²) in [5.41, 5.74) is 0. The normalized spacial score (nSPS) is 26.5. The molecular weight excluding hydrogens is 290 g/mol. The molecule has 0 aromatic carbocycles. The van der Waals surface area contributed by atoms with E-state index in [4.69, 9.17) is 0 Å². The number of nitrogens with one attached hydrogen (secondary N) is 1. The fourth-order valence-electron chi connectivity index (χ4n) is 4.48. The largest absolute Gasteiger partial charge is 0.341 e. The summed E-state index contributed by atoms with van der Waals surface area (Å²) in [6, 6.07) is 0.420. The van der Waals surface area contributed by atoms with Gasteiger partial charge in [0, 0.05) is 25.7 Å². The van der Waals surface area contributed by atoms with E-state index in [1.165, 1.54) is 32.1 Å². The van der Waals surface area contributed by atoms with Crippen LogP contribution in [0, 0.1) is 0 Å². The van der Waals surface area contributed by atoms with Crippen LogP contribution in [0.1, 0.15) is 70.6 Å². The van der Waals surface area contributed by atoms with Crippen molar-refractivity contribution in [2.75, 3.05) is 13.6 Å². The zero-order chi connectivity index (χ0) is 16.2. The van der Waals surface area contributed by atoms with Crippen molar-refractivity contribution in [3.8, 4) is 0 Å². The molecule has 0 radical (unpaired) electrons. The molecule has 0 aromatic heterocycles. The van der Waals surface area contributed by atoms with Crippen molar-refractivity contribution < 1.29 is 9.59 Å². The molecule has 1 heterocycles. The summed E-state index contributed by atoms with van der Waals surface area (Å²) in [6.45, 7) is 0.716. The molecule has 0 aromatic rings. The first-order valence-corrected chi connectivity index (χ1v) is 9.50. The molecule has 0 bridgehead atoms. The Balaban J connectivity index is 1.57. The van der Waals surface area contributed by atoms with E-state index in [0.717, 1.165) is 38.5 Å². The molecule has 3 aliphatic rings. The van der Waals surface area contributed by atoms with Gasteiger partial charge in [0.1, 0.15) is 6.04 Å². The lowest BCUT2D eigenvalue weighted by molar-refractivity contribution is -0.135. The van der Waals surface area contributed by atoms with Gasteiger partial charge in [-0.3, -0.25) is 4.79 Å². The van der Waals surface area contributed by atoms with Gasteiger partial charge in [-0.1, -0.05) is 32.1 Å². The van der Waals surface area contributed by atoms with E-state index in [2.05, 4.69) is 5.32 Å². The smallest absolute Gasteiger partial charge is 0.318 e. The molecule has 130 valence electrons. The van der Waals surface area contributed by atoms with Crippen molar-refractivity contribution in [2.45, 2.75) is 88.8 Å². The monoisotopic (exact) mass is 321 g/mol. The molecule has 3 amide bonds. The number of carbonyl (C=O) groups excluding carboxylic acids is 2. The summed E-state index contributed by atoms with van der Waals surface area (Å²) in [5.74, 6) is 0.146. The molecule has 0 spiro atoms. The highest BCUT2D eigenvalue weighted by Gasteiger charge is 2.38. The number of likely N-dealkylation sites (N-methyl/N-ethyl adjacent to an activating group) is 1. The quantitative estimate of drug-likeness (QED) is 0.869. The second-order valence-corrected chi connectivity index (χ2v) is 7.52. The zero-order valence-electron chi connectivity index (χ0n) is 14.4. The van der Waals surface area contributed by atoms with Crippen LogP contribution in [-0.2, 0) is 4.79 Å². The summed E-state index contributed by atoms with van der Waals surface area (Å²) in [6.07, 6.45) is 12.3. The summed E-state index contributed by atoms with van der Waals surface area (Å²) in [7, 11) is 1.92. The highest BCUT2D eigenvalue weighted by atomic mass is 16.2. The number of hydrogen-bond donors (Lipinski definition) is 1. The highest BCUT2D eigenvalue weighted by Crippen LogP contribution is 2.26. The predicted molar refractivity (Wildman–Crippen MR) is 90.2 cm³/mol. The number of urea groups is 1. The third kappa shape index (κ3) is 3.81. The average Bonchev–Trinajstić information content (AvgIpc) is 3.25. The molecule has 1 N–H and O–H groups in total. The van der Waals surface area contributed by atoms with E-state index in [1.54, 1.807) is 4.90 Å². The van der Waals surface area contributed by atoms with Crippen LogP contribution in [0.15, 0.2) is 0 Å². The second-order valence-electron chi connectivity index (χ2n) is 7.52. The molecule has 5 nitrogen and oxygen atoms in total. The Morgan fingerprint density at radius 2 is 1.57 bits per heavy atom. The standard InChI is InChI=1S/C18H31N3O2/c1-20(15-10-5-6-11-15)17(22)16-12-7-13-21(16)18(23)19-14-8-3-2-4-9-14/h14-16H,2-13H2,1H3,(H,19,23)/t16-/m1/s1. The molecule has 1 saturated heterocycles. The fourth-order valence-corrected chi connectivity index (χ4v) is 4.48. The van der Waals surface area contributed by atoms with Crippen LogP contribution in [0.4, 0.5) is 4.79 Å². The highest BCUT2D eigenvalue weighted by molar-refractivity contribution is 5.87. The molecule has 2 aliphatic carbocycles. The number of nitrogens with zero attached hydrogens (tertiary/aromatic N) is 2. The van der Waals surface area contributed by atoms with Gasteiger partial charge < -0.3 is 15.1 Å². The molecule has 1 aliphatic heterocycles. The fraction of sp³-hybridized carbons (Fsp3) is 0.889. The van der Waals surface area contributed by atoms with E-state index in [1.807, 2.05) is 11.9 Å². The summed E-state index contributed by atoms with van der Waals surface area (Å²) >= 11 is 0. The molecule has 5 heteroatoms.